The van der Waals surface area contributed by atoms with Gasteiger partial charge in [0.2, 0.25) is 0 Å². The third-order valence-electron chi connectivity index (χ3n) is 5.39. The molecule has 0 unspecified atom stereocenters. The Labute approximate surface area is 167 Å². The Morgan fingerprint density at radius 1 is 1.04 bits per heavy atom. The molecule has 3 aromatic rings. The number of hydrogen-bond donors (Lipinski definition) is 0. The topological polar surface area (TPSA) is 66.6 Å². The molecule has 7 nitrogen and oxygen atoms in total. The molecule has 0 radical (unpaired) electrons. The van der Waals surface area contributed by atoms with Gasteiger partial charge in [0.05, 0.1) is 0 Å². The SMILES string of the molecule is O=C(c1cccc(Cl)c1)N1CCCN(c2ccc3nnc(C4CC4)n3n2)CC1. The van der Waals surface area contributed by atoms with Crippen molar-refractivity contribution in [2.45, 2.75) is 25.2 Å². The summed E-state index contributed by atoms with van der Waals surface area (Å²) in [6.07, 6.45) is 3.22. The lowest BCUT2D eigenvalue weighted by Gasteiger charge is -2.23. The van der Waals surface area contributed by atoms with Crippen LogP contribution in [0.4, 0.5) is 5.82 Å². The molecule has 0 N–H and O–H groups in total. The van der Waals surface area contributed by atoms with Crippen molar-refractivity contribution in [1.82, 2.24) is 24.7 Å². The van der Waals surface area contributed by atoms with E-state index in [0.29, 0.717) is 23.0 Å². The van der Waals surface area contributed by atoms with Crippen molar-refractivity contribution >= 4 is 29.0 Å². The first-order chi connectivity index (χ1) is 13.7. The van der Waals surface area contributed by atoms with Crippen LogP contribution < -0.4 is 4.90 Å². The maximum Gasteiger partial charge on any atom is 0.253 e. The van der Waals surface area contributed by atoms with Crippen LogP contribution >= 0.6 is 11.6 Å². The van der Waals surface area contributed by atoms with Gasteiger partial charge < -0.3 is 9.80 Å². The maximum atomic E-state index is 12.8. The molecule has 144 valence electrons. The van der Waals surface area contributed by atoms with Gasteiger partial charge in [-0.2, -0.15) is 4.52 Å². The summed E-state index contributed by atoms with van der Waals surface area (Å²) >= 11 is 6.04. The molecule has 2 aromatic heterocycles. The number of carbonyl (C=O) groups is 1. The molecule has 1 amide bonds. The molecule has 1 aromatic carbocycles. The Kier molecular flexibility index (Phi) is 4.39. The quantitative estimate of drug-likeness (QED) is 0.680. The highest BCUT2D eigenvalue weighted by Crippen LogP contribution is 2.38. The smallest absolute Gasteiger partial charge is 0.253 e. The van der Waals surface area contributed by atoms with Crippen LogP contribution in [0.15, 0.2) is 36.4 Å². The van der Waals surface area contributed by atoms with E-state index in [9.17, 15) is 4.79 Å². The minimum absolute atomic E-state index is 0.0302. The molecule has 2 aliphatic rings. The van der Waals surface area contributed by atoms with Crippen molar-refractivity contribution in [3.8, 4) is 0 Å². The monoisotopic (exact) mass is 396 g/mol. The van der Waals surface area contributed by atoms with Crippen LogP contribution in [0.2, 0.25) is 5.02 Å². The van der Waals surface area contributed by atoms with Crippen molar-refractivity contribution in [3.05, 3.63) is 52.8 Å². The highest BCUT2D eigenvalue weighted by molar-refractivity contribution is 6.30. The Bertz CT molecular complexity index is 1030. The number of halogens is 1. The van der Waals surface area contributed by atoms with Gasteiger partial charge >= 0.3 is 0 Å². The molecule has 0 spiro atoms. The second-order valence-electron chi connectivity index (χ2n) is 7.44. The zero-order chi connectivity index (χ0) is 19.1. The van der Waals surface area contributed by atoms with Crippen LogP contribution in [0.3, 0.4) is 0 Å². The molecule has 0 atom stereocenters. The third kappa shape index (κ3) is 3.30. The number of amides is 1. The first-order valence-corrected chi connectivity index (χ1v) is 10.1. The number of nitrogens with zero attached hydrogens (tertiary/aromatic N) is 6. The van der Waals surface area contributed by atoms with E-state index < -0.39 is 0 Å². The van der Waals surface area contributed by atoms with Crippen LogP contribution in [-0.4, -0.2) is 56.8 Å². The number of hydrogen-bond acceptors (Lipinski definition) is 5. The van der Waals surface area contributed by atoms with Gasteiger partial charge in [-0.3, -0.25) is 4.79 Å². The largest absolute Gasteiger partial charge is 0.353 e. The maximum absolute atomic E-state index is 12.8. The number of benzene rings is 1. The fourth-order valence-electron chi connectivity index (χ4n) is 3.71. The lowest BCUT2D eigenvalue weighted by Crippen LogP contribution is -2.35. The number of anilines is 1. The highest BCUT2D eigenvalue weighted by atomic mass is 35.5. The van der Waals surface area contributed by atoms with Crippen LogP contribution in [0, 0.1) is 0 Å². The van der Waals surface area contributed by atoms with E-state index in [1.807, 2.05) is 33.7 Å². The van der Waals surface area contributed by atoms with Gasteiger partial charge in [0.15, 0.2) is 11.5 Å². The third-order valence-corrected chi connectivity index (χ3v) is 5.63. The Hall–Kier alpha value is -2.67. The van der Waals surface area contributed by atoms with Crippen molar-refractivity contribution in [2.24, 2.45) is 0 Å². The average molecular weight is 397 g/mol. The zero-order valence-electron chi connectivity index (χ0n) is 15.5. The van der Waals surface area contributed by atoms with Gasteiger partial charge in [-0.05, 0) is 49.6 Å². The molecular formula is C20H21ClN6O. The molecule has 5 rings (SSSR count). The number of carbonyl (C=O) groups excluding carboxylic acids is 1. The lowest BCUT2D eigenvalue weighted by atomic mass is 10.2. The van der Waals surface area contributed by atoms with Crippen LogP contribution in [0.1, 0.15) is 41.4 Å². The molecule has 1 aliphatic carbocycles. The predicted molar refractivity (Wildman–Crippen MR) is 107 cm³/mol. The molecular weight excluding hydrogens is 376 g/mol. The molecule has 1 saturated carbocycles. The Morgan fingerprint density at radius 2 is 1.93 bits per heavy atom. The number of rotatable bonds is 3. The number of fused-ring (bicyclic) bond motifs is 1. The summed E-state index contributed by atoms with van der Waals surface area (Å²) in [5.41, 5.74) is 1.43. The average Bonchev–Trinajstić information content (AvgIpc) is 3.51. The van der Waals surface area contributed by atoms with E-state index in [1.54, 1.807) is 12.1 Å². The van der Waals surface area contributed by atoms with E-state index >= 15 is 0 Å². The predicted octanol–water partition coefficient (Wildman–Crippen LogP) is 3.01. The summed E-state index contributed by atoms with van der Waals surface area (Å²) in [4.78, 5) is 17.0. The van der Waals surface area contributed by atoms with Gasteiger partial charge in [-0.25, -0.2) is 0 Å². The zero-order valence-corrected chi connectivity index (χ0v) is 16.2. The minimum atomic E-state index is 0.0302. The van der Waals surface area contributed by atoms with Crippen molar-refractivity contribution in [1.29, 1.82) is 0 Å². The summed E-state index contributed by atoms with van der Waals surface area (Å²) in [6, 6.07) is 11.1. The molecule has 8 heteroatoms. The van der Waals surface area contributed by atoms with Crippen molar-refractivity contribution < 1.29 is 4.79 Å². The van der Waals surface area contributed by atoms with E-state index in [2.05, 4.69) is 15.1 Å². The molecule has 1 aliphatic heterocycles. The van der Waals surface area contributed by atoms with Gasteiger partial charge in [-0.15, -0.1) is 15.3 Å². The van der Waals surface area contributed by atoms with Gasteiger partial charge in [-0.1, -0.05) is 17.7 Å². The summed E-state index contributed by atoms with van der Waals surface area (Å²) < 4.78 is 1.88. The van der Waals surface area contributed by atoms with E-state index in [0.717, 1.165) is 56.2 Å². The van der Waals surface area contributed by atoms with E-state index in [-0.39, 0.29) is 5.91 Å². The lowest BCUT2D eigenvalue weighted by molar-refractivity contribution is 0.0767. The Morgan fingerprint density at radius 3 is 2.75 bits per heavy atom. The highest BCUT2D eigenvalue weighted by Gasteiger charge is 2.29. The van der Waals surface area contributed by atoms with Crippen LogP contribution in [-0.2, 0) is 0 Å². The Balaban J connectivity index is 1.33. The minimum Gasteiger partial charge on any atom is -0.353 e. The summed E-state index contributed by atoms with van der Waals surface area (Å²) in [7, 11) is 0. The summed E-state index contributed by atoms with van der Waals surface area (Å²) in [6.45, 7) is 2.98. The number of aromatic nitrogens is 4. The molecule has 0 bridgehead atoms. The fourth-order valence-corrected chi connectivity index (χ4v) is 3.90. The van der Waals surface area contributed by atoms with E-state index in [1.165, 1.54) is 0 Å². The first-order valence-electron chi connectivity index (χ1n) is 9.71. The normalized spacial score (nSPS) is 17.8. The summed E-state index contributed by atoms with van der Waals surface area (Å²) in [5.74, 6) is 2.39. The molecule has 3 heterocycles. The molecule has 28 heavy (non-hydrogen) atoms. The first kappa shape index (κ1) is 17.4. The van der Waals surface area contributed by atoms with Crippen LogP contribution in [0.25, 0.3) is 5.65 Å². The summed E-state index contributed by atoms with van der Waals surface area (Å²) in [5, 5.41) is 13.9. The van der Waals surface area contributed by atoms with Gasteiger partial charge in [0.1, 0.15) is 5.82 Å². The molecule has 1 saturated heterocycles. The van der Waals surface area contributed by atoms with E-state index in [4.69, 9.17) is 16.7 Å². The standard InChI is InChI=1S/C20H21ClN6O/c21-16-4-1-3-15(13-16)20(28)26-10-2-9-25(11-12-26)18-8-7-17-22-23-19(14-5-6-14)27(17)24-18/h1,3-4,7-8,13-14H,2,5-6,9-12H2. The van der Waals surface area contributed by atoms with Gasteiger partial charge in [0.25, 0.3) is 5.91 Å². The second kappa shape index (κ2) is 7.05. The molecule has 2 fully saturated rings. The van der Waals surface area contributed by atoms with Gasteiger partial charge in [0, 0.05) is 42.7 Å². The van der Waals surface area contributed by atoms with Crippen molar-refractivity contribution in [2.75, 3.05) is 31.1 Å². The van der Waals surface area contributed by atoms with Crippen LogP contribution in [0.5, 0.6) is 0 Å². The van der Waals surface area contributed by atoms with Crippen molar-refractivity contribution in [3.63, 3.8) is 0 Å². The second-order valence-corrected chi connectivity index (χ2v) is 7.87. The fraction of sp³-hybridized carbons (Fsp3) is 0.400.